The van der Waals surface area contributed by atoms with Gasteiger partial charge in [0.1, 0.15) is 0 Å². The topological polar surface area (TPSA) is 84.3 Å². The standard InChI is InChI=1S/C16H21N3O3/c20-16(14-8-7-13(18-14)11-5-6-11)17-10-9-12-3-1-2-4-15(12)19(21)22/h1-4,11,13-14,18H,5-10H2,(H,17,20). The highest BCUT2D eigenvalue weighted by molar-refractivity contribution is 5.82. The zero-order chi connectivity index (χ0) is 15.5. The van der Waals surface area contributed by atoms with Crippen LogP contribution >= 0.6 is 0 Å². The van der Waals surface area contributed by atoms with Gasteiger partial charge in [-0.3, -0.25) is 14.9 Å². The fourth-order valence-corrected chi connectivity index (χ4v) is 3.19. The van der Waals surface area contributed by atoms with Gasteiger partial charge in [0.25, 0.3) is 5.69 Å². The third-order valence-corrected chi connectivity index (χ3v) is 4.57. The molecule has 1 saturated carbocycles. The van der Waals surface area contributed by atoms with E-state index >= 15 is 0 Å². The first-order valence-electron chi connectivity index (χ1n) is 7.91. The maximum absolute atomic E-state index is 12.1. The maximum atomic E-state index is 12.1. The van der Waals surface area contributed by atoms with Crippen LogP contribution < -0.4 is 10.6 Å². The fraction of sp³-hybridized carbons (Fsp3) is 0.562. The number of nitro groups is 1. The van der Waals surface area contributed by atoms with Gasteiger partial charge in [-0.15, -0.1) is 0 Å². The summed E-state index contributed by atoms with van der Waals surface area (Å²) >= 11 is 0. The molecule has 0 radical (unpaired) electrons. The number of hydrogen-bond acceptors (Lipinski definition) is 4. The van der Waals surface area contributed by atoms with E-state index in [1.54, 1.807) is 18.2 Å². The van der Waals surface area contributed by atoms with Crippen LogP contribution in [0.4, 0.5) is 5.69 Å². The Kier molecular flexibility index (Phi) is 4.38. The van der Waals surface area contributed by atoms with Crippen LogP contribution in [-0.4, -0.2) is 29.5 Å². The zero-order valence-electron chi connectivity index (χ0n) is 12.5. The van der Waals surface area contributed by atoms with Crippen molar-refractivity contribution in [3.63, 3.8) is 0 Å². The van der Waals surface area contributed by atoms with Crippen molar-refractivity contribution in [3.05, 3.63) is 39.9 Å². The number of carbonyl (C=O) groups is 1. The zero-order valence-corrected chi connectivity index (χ0v) is 12.5. The molecule has 2 fully saturated rings. The van der Waals surface area contributed by atoms with Gasteiger partial charge in [-0.1, -0.05) is 18.2 Å². The summed E-state index contributed by atoms with van der Waals surface area (Å²) in [5.74, 6) is 0.784. The molecule has 3 rings (SSSR count). The molecule has 2 aliphatic rings. The van der Waals surface area contributed by atoms with Gasteiger partial charge in [0.15, 0.2) is 0 Å². The van der Waals surface area contributed by atoms with Crippen molar-refractivity contribution in [2.45, 2.75) is 44.2 Å². The summed E-state index contributed by atoms with van der Waals surface area (Å²) in [6, 6.07) is 7.07. The van der Waals surface area contributed by atoms with Crippen LogP contribution in [0.15, 0.2) is 24.3 Å². The van der Waals surface area contributed by atoms with Gasteiger partial charge < -0.3 is 10.6 Å². The largest absolute Gasteiger partial charge is 0.354 e. The molecular weight excluding hydrogens is 282 g/mol. The lowest BCUT2D eigenvalue weighted by Crippen LogP contribution is -2.43. The number of rotatable bonds is 6. The smallest absolute Gasteiger partial charge is 0.272 e. The third-order valence-electron chi connectivity index (χ3n) is 4.57. The van der Waals surface area contributed by atoms with Gasteiger partial charge >= 0.3 is 0 Å². The Morgan fingerprint density at radius 1 is 1.27 bits per heavy atom. The Bertz CT molecular complexity index is 572. The fourth-order valence-electron chi connectivity index (χ4n) is 3.19. The van der Waals surface area contributed by atoms with Crippen molar-refractivity contribution in [2.24, 2.45) is 5.92 Å². The Balaban J connectivity index is 1.47. The first-order chi connectivity index (χ1) is 10.6. The first-order valence-corrected chi connectivity index (χ1v) is 7.91. The molecule has 118 valence electrons. The molecule has 1 aliphatic heterocycles. The minimum Gasteiger partial charge on any atom is -0.354 e. The summed E-state index contributed by atoms with van der Waals surface area (Å²) in [6.45, 7) is 0.427. The molecule has 1 aromatic rings. The van der Waals surface area contributed by atoms with Crippen LogP contribution in [0.5, 0.6) is 0 Å². The number of carbonyl (C=O) groups excluding carboxylic acids is 1. The molecule has 6 nitrogen and oxygen atoms in total. The molecular formula is C16H21N3O3. The minimum atomic E-state index is -0.379. The van der Waals surface area contributed by atoms with Gasteiger partial charge in [-0.25, -0.2) is 0 Å². The normalized spacial score (nSPS) is 24.2. The number of nitrogens with one attached hydrogen (secondary N) is 2. The predicted octanol–water partition coefficient (Wildman–Crippen LogP) is 1.78. The molecule has 1 amide bonds. The SMILES string of the molecule is O=C(NCCc1ccccc1[N+](=O)[O-])C1CCC(C2CC2)N1. The monoisotopic (exact) mass is 303 g/mol. The van der Waals surface area contributed by atoms with E-state index in [-0.39, 0.29) is 22.6 Å². The molecule has 22 heavy (non-hydrogen) atoms. The molecule has 2 atom stereocenters. The van der Waals surface area contributed by atoms with Gasteiger partial charge in [-0.2, -0.15) is 0 Å². The first kappa shape index (κ1) is 15.0. The summed E-state index contributed by atoms with van der Waals surface area (Å²) in [5.41, 5.74) is 0.771. The van der Waals surface area contributed by atoms with E-state index < -0.39 is 0 Å². The number of nitrogens with zero attached hydrogens (tertiary/aromatic N) is 1. The number of amides is 1. The van der Waals surface area contributed by atoms with E-state index in [1.807, 2.05) is 0 Å². The van der Waals surface area contributed by atoms with Crippen molar-refractivity contribution in [2.75, 3.05) is 6.54 Å². The molecule has 2 unspecified atom stereocenters. The second kappa shape index (κ2) is 6.44. The summed E-state index contributed by atoms with van der Waals surface area (Å²) in [5, 5.41) is 17.2. The highest BCUT2D eigenvalue weighted by Gasteiger charge is 2.38. The molecule has 0 bridgehead atoms. The molecule has 2 N–H and O–H groups in total. The van der Waals surface area contributed by atoms with Crippen molar-refractivity contribution < 1.29 is 9.72 Å². The van der Waals surface area contributed by atoms with Gasteiger partial charge in [0.2, 0.25) is 5.91 Å². The molecule has 6 heteroatoms. The second-order valence-corrected chi connectivity index (χ2v) is 6.17. The minimum absolute atomic E-state index is 0.0155. The average molecular weight is 303 g/mol. The van der Waals surface area contributed by atoms with E-state index in [2.05, 4.69) is 10.6 Å². The van der Waals surface area contributed by atoms with E-state index in [4.69, 9.17) is 0 Å². The van der Waals surface area contributed by atoms with E-state index in [9.17, 15) is 14.9 Å². The van der Waals surface area contributed by atoms with Crippen LogP contribution in [0, 0.1) is 16.0 Å². The average Bonchev–Trinajstić information content (AvgIpc) is 3.24. The Labute approximate surface area is 129 Å². The second-order valence-electron chi connectivity index (χ2n) is 6.17. The molecule has 0 aromatic heterocycles. The summed E-state index contributed by atoms with van der Waals surface area (Å²) < 4.78 is 0. The molecule has 1 heterocycles. The van der Waals surface area contributed by atoms with Gasteiger partial charge in [0, 0.05) is 24.2 Å². The van der Waals surface area contributed by atoms with Crippen molar-refractivity contribution in [1.82, 2.24) is 10.6 Å². The molecule has 1 aromatic carbocycles. The van der Waals surface area contributed by atoms with Gasteiger partial charge in [0.05, 0.1) is 11.0 Å². The molecule has 1 saturated heterocycles. The summed E-state index contributed by atoms with van der Waals surface area (Å²) in [4.78, 5) is 22.7. The number of benzene rings is 1. The maximum Gasteiger partial charge on any atom is 0.272 e. The highest BCUT2D eigenvalue weighted by atomic mass is 16.6. The van der Waals surface area contributed by atoms with E-state index in [1.165, 1.54) is 18.9 Å². The van der Waals surface area contributed by atoms with E-state index in [0.29, 0.717) is 24.6 Å². The summed E-state index contributed by atoms with van der Waals surface area (Å²) in [7, 11) is 0. The lowest BCUT2D eigenvalue weighted by molar-refractivity contribution is -0.385. The van der Waals surface area contributed by atoms with Crippen molar-refractivity contribution >= 4 is 11.6 Å². The highest BCUT2D eigenvalue weighted by Crippen LogP contribution is 2.37. The number of nitro benzene ring substituents is 1. The Hall–Kier alpha value is -1.95. The molecule has 1 aliphatic carbocycles. The van der Waals surface area contributed by atoms with Gasteiger partial charge in [-0.05, 0) is 38.0 Å². The van der Waals surface area contributed by atoms with Crippen LogP contribution in [-0.2, 0) is 11.2 Å². The van der Waals surface area contributed by atoms with E-state index in [0.717, 1.165) is 18.8 Å². The summed E-state index contributed by atoms with van der Waals surface area (Å²) in [6.07, 6.45) is 5.00. The number of hydrogen-bond donors (Lipinski definition) is 2. The lowest BCUT2D eigenvalue weighted by Gasteiger charge is -2.14. The van der Waals surface area contributed by atoms with Crippen LogP contribution in [0.1, 0.15) is 31.2 Å². The van der Waals surface area contributed by atoms with Crippen molar-refractivity contribution in [1.29, 1.82) is 0 Å². The predicted molar refractivity (Wildman–Crippen MR) is 82.5 cm³/mol. The van der Waals surface area contributed by atoms with Crippen LogP contribution in [0.2, 0.25) is 0 Å². The van der Waals surface area contributed by atoms with Crippen LogP contribution in [0.3, 0.4) is 0 Å². The van der Waals surface area contributed by atoms with Crippen LogP contribution in [0.25, 0.3) is 0 Å². The quantitative estimate of drug-likeness (QED) is 0.620. The Morgan fingerprint density at radius 3 is 2.77 bits per heavy atom. The third kappa shape index (κ3) is 3.44. The number of para-hydroxylation sites is 1. The molecule has 0 spiro atoms. The Morgan fingerprint density at radius 2 is 2.05 bits per heavy atom. The lowest BCUT2D eigenvalue weighted by atomic mass is 10.1. The van der Waals surface area contributed by atoms with Crippen molar-refractivity contribution in [3.8, 4) is 0 Å².